The molecule has 0 aliphatic carbocycles. The van der Waals surface area contributed by atoms with Gasteiger partial charge in [0.25, 0.3) is 0 Å². The molecular weight excluding hydrogens is 264 g/mol. The van der Waals surface area contributed by atoms with Crippen molar-refractivity contribution in [2.75, 3.05) is 18.5 Å². The van der Waals surface area contributed by atoms with Gasteiger partial charge < -0.3 is 10.1 Å². The van der Waals surface area contributed by atoms with Crippen LogP contribution in [-0.4, -0.2) is 33.9 Å². The molecule has 0 radical (unpaired) electrons. The molecule has 0 spiro atoms. The van der Waals surface area contributed by atoms with Crippen LogP contribution in [0.1, 0.15) is 19.4 Å². The van der Waals surface area contributed by atoms with Crippen molar-refractivity contribution in [1.82, 2.24) is 14.8 Å². The number of carbonyl (C=O) groups is 1. The van der Waals surface area contributed by atoms with Crippen LogP contribution in [0.25, 0.3) is 0 Å². The predicted octanol–water partition coefficient (Wildman–Crippen LogP) is 0.960. The number of halogens is 1. The molecule has 1 aliphatic heterocycles. The van der Waals surface area contributed by atoms with Crippen LogP contribution < -0.4 is 5.32 Å². The van der Waals surface area contributed by atoms with Gasteiger partial charge in [-0.2, -0.15) is 4.98 Å². The van der Waals surface area contributed by atoms with E-state index in [4.69, 9.17) is 4.74 Å². The van der Waals surface area contributed by atoms with E-state index in [1.54, 1.807) is 11.6 Å². The van der Waals surface area contributed by atoms with E-state index >= 15 is 0 Å². The lowest BCUT2D eigenvalue weighted by Crippen LogP contribution is -2.30. The summed E-state index contributed by atoms with van der Waals surface area (Å²) in [6.45, 7) is 2.87. The zero-order chi connectivity index (χ0) is 10.8. The number of nitrogens with zero attached hydrogens (tertiary/aromatic N) is 3. The maximum Gasteiger partial charge on any atom is 0.331 e. The smallest absolute Gasteiger partial charge is 0.331 e. The van der Waals surface area contributed by atoms with Crippen molar-refractivity contribution in [3.63, 3.8) is 0 Å². The third-order valence-electron chi connectivity index (χ3n) is 2.16. The predicted molar refractivity (Wildman–Crippen MR) is 56.5 cm³/mol. The van der Waals surface area contributed by atoms with Crippen molar-refractivity contribution in [2.45, 2.75) is 19.4 Å². The van der Waals surface area contributed by atoms with E-state index < -0.39 is 0 Å². The van der Waals surface area contributed by atoms with E-state index in [0.717, 1.165) is 0 Å². The van der Waals surface area contributed by atoms with Crippen LogP contribution in [0.3, 0.4) is 0 Å². The molecule has 1 aliphatic rings. The van der Waals surface area contributed by atoms with Gasteiger partial charge in [-0.3, -0.25) is 0 Å². The highest BCUT2D eigenvalue weighted by Crippen LogP contribution is 2.24. The third-order valence-corrected chi connectivity index (χ3v) is 2.50. The average molecular weight is 275 g/mol. The molecule has 1 aromatic heterocycles. The minimum absolute atomic E-state index is 0.252. The fourth-order valence-corrected chi connectivity index (χ4v) is 1.87. The summed E-state index contributed by atoms with van der Waals surface area (Å²) in [6, 6.07) is -0.361. The summed E-state index contributed by atoms with van der Waals surface area (Å²) >= 11 is 3.17. The van der Waals surface area contributed by atoms with Gasteiger partial charge in [0, 0.05) is 6.54 Å². The van der Waals surface area contributed by atoms with Gasteiger partial charge in [-0.25, -0.2) is 9.48 Å². The zero-order valence-electron chi connectivity index (χ0n) is 8.23. The number of hydrogen-bond acceptors (Lipinski definition) is 5. The largest absolute Gasteiger partial charge is 0.464 e. The van der Waals surface area contributed by atoms with Crippen LogP contribution in [0, 0.1) is 0 Å². The fourth-order valence-electron chi connectivity index (χ4n) is 1.53. The van der Waals surface area contributed by atoms with Crippen molar-refractivity contribution in [3.8, 4) is 0 Å². The van der Waals surface area contributed by atoms with Crippen LogP contribution in [0.4, 0.5) is 5.95 Å². The molecule has 2 rings (SSSR count). The highest BCUT2D eigenvalue weighted by molar-refractivity contribution is 9.10. The number of hydrogen-bond donors (Lipinski definition) is 1. The summed E-state index contributed by atoms with van der Waals surface area (Å²) in [5.74, 6) is 0.351. The number of ether oxygens (including phenoxy) is 1. The number of carbonyl (C=O) groups excluding carboxylic acids is 1. The first kappa shape index (κ1) is 10.4. The molecule has 1 unspecified atom stereocenters. The second kappa shape index (κ2) is 4.18. The summed E-state index contributed by atoms with van der Waals surface area (Å²) in [4.78, 5) is 15.7. The Kier molecular flexibility index (Phi) is 2.90. The van der Waals surface area contributed by atoms with Gasteiger partial charge in [-0.15, -0.1) is 5.10 Å². The maximum atomic E-state index is 11.6. The molecule has 2 heterocycles. The first-order chi connectivity index (χ1) is 7.22. The molecular formula is C8H11BrN4O2. The normalized spacial score (nSPS) is 19.2. The van der Waals surface area contributed by atoms with E-state index in [-0.39, 0.29) is 12.0 Å². The molecule has 15 heavy (non-hydrogen) atoms. The van der Waals surface area contributed by atoms with Crippen LogP contribution in [0.2, 0.25) is 0 Å². The topological polar surface area (TPSA) is 69.0 Å². The number of fused-ring (bicyclic) bond motifs is 1. The van der Waals surface area contributed by atoms with Gasteiger partial charge in [0.1, 0.15) is 0 Å². The van der Waals surface area contributed by atoms with E-state index in [2.05, 4.69) is 31.3 Å². The molecule has 0 bridgehead atoms. The first-order valence-electron chi connectivity index (χ1n) is 4.75. The Bertz CT molecular complexity index is 379. The lowest BCUT2D eigenvalue weighted by atomic mass is 10.2. The van der Waals surface area contributed by atoms with Gasteiger partial charge in [0.2, 0.25) is 10.7 Å². The van der Waals surface area contributed by atoms with Gasteiger partial charge in [-0.1, -0.05) is 0 Å². The zero-order valence-corrected chi connectivity index (χ0v) is 9.82. The SMILES string of the molecule is CCOC(=O)C1CCNc2nc(Br)nn21. The quantitative estimate of drug-likeness (QED) is 0.814. The minimum Gasteiger partial charge on any atom is -0.464 e. The minimum atomic E-state index is -0.361. The average Bonchev–Trinajstić information content (AvgIpc) is 2.57. The Balaban J connectivity index is 2.25. The molecule has 6 nitrogen and oxygen atoms in total. The van der Waals surface area contributed by atoms with Crippen molar-refractivity contribution >= 4 is 27.8 Å². The third kappa shape index (κ3) is 1.97. The summed E-state index contributed by atoms with van der Waals surface area (Å²) in [5, 5.41) is 7.16. The molecule has 0 saturated carbocycles. The molecule has 0 aromatic carbocycles. The Morgan fingerprint density at radius 1 is 1.80 bits per heavy atom. The molecule has 0 amide bonds. The highest BCUT2D eigenvalue weighted by Gasteiger charge is 2.29. The molecule has 0 saturated heterocycles. The molecule has 1 N–H and O–H groups in total. The molecule has 0 fully saturated rings. The Hall–Kier alpha value is -1.11. The maximum absolute atomic E-state index is 11.6. The number of anilines is 1. The lowest BCUT2D eigenvalue weighted by molar-refractivity contribution is -0.147. The Morgan fingerprint density at radius 2 is 2.60 bits per heavy atom. The van der Waals surface area contributed by atoms with E-state index in [0.29, 0.717) is 30.3 Å². The second-order valence-corrected chi connectivity index (χ2v) is 3.84. The van der Waals surface area contributed by atoms with Gasteiger partial charge in [-0.05, 0) is 29.3 Å². The summed E-state index contributed by atoms with van der Waals surface area (Å²) in [7, 11) is 0. The number of rotatable bonds is 2. The summed E-state index contributed by atoms with van der Waals surface area (Å²) < 4.78 is 7.01. The number of aromatic nitrogens is 3. The molecule has 82 valence electrons. The van der Waals surface area contributed by atoms with Crippen molar-refractivity contribution < 1.29 is 9.53 Å². The highest BCUT2D eigenvalue weighted by atomic mass is 79.9. The lowest BCUT2D eigenvalue weighted by Gasteiger charge is -2.22. The van der Waals surface area contributed by atoms with Crippen molar-refractivity contribution in [2.24, 2.45) is 0 Å². The summed E-state index contributed by atoms with van der Waals surface area (Å²) in [6.07, 6.45) is 0.668. The van der Waals surface area contributed by atoms with Crippen LogP contribution in [0.5, 0.6) is 0 Å². The van der Waals surface area contributed by atoms with E-state index in [9.17, 15) is 4.79 Å². The Morgan fingerprint density at radius 3 is 3.33 bits per heavy atom. The standard InChI is InChI=1S/C8H11BrN4O2/c1-2-15-6(14)5-3-4-10-8-11-7(9)12-13(5)8/h5H,2-4H2,1H3,(H,10,11,12). The van der Waals surface area contributed by atoms with E-state index in [1.807, 2.05) is 0 Å². The van der Waals surface area contributed by atoms with Gasteiger partial charge >= 0.3 is 5.97 Å². The second-order valence-electron chi connectivity index (χ2n) is 3.13. The summed E-state index contributed by atoms with van der Waals surface area (Å²) in [5.41, 5.74) is 0. The molecule has 1 aromatic rings. The molecule has 1 atom stereocenters. The number of nitrogens with one attached hydrogen (secondary N) is 1. The number of esters is 1. The van der Waals surface area contributed by atoms with Crippen molar-refractivity contribution in [1.29, 1.82) is 0 Å². The Labute approximate surface area is 95.1 Å². The van der Waals surface area contributed by atoms with Crippen LogP contribution in [0.15, 0.2) is 4.73 Å². The monoisotopic (exact) mass is 274 g/mol. The first-order valence-corrected chi connectivity index (χ1v) is 5.54. The fraction of sp³-hybridized carbons (Fsp3) is 0.625. The van der Waals surface area contributed by atoms with E-state index in [1.165, 1.54) is 0 Å². The van der Waals surface area contributed by atoms with Crippen molar-refractivity contribution in [3.05, 3.63) is 4.73 Å². The van der Waals surface area contributed by atoms with Crippen LogP contribution in [-0.2, 0) is 9.53 Å². The van der Waals surface area contributed by atoms with Gasteiger partial charge in [0.05, 0.1) is 6.61 Å². The van der Waals surface area contributed by atoms with Gasteiger partial charge in [0.15, 0.2) is 6.04 Å². The van der Waals surface area contributed by atoms with Crippen LogP contribution >= 0.6 is 15.9 Å². The molecule has 7 heteroatoms.